The van der Waals surface area contributed by atoms with Gasteiger partial charge in [0, 0.05) is 23.0 Å². The fourth-order valence-corrected chi connectivity index (χ4v) is 4.63. The average Bonchev–Trinajstić information content (AvgIpc) is 3.14. The van der Waals surface area contributed by atoms with Crippen molar-refractivity contribution in [2.24, 2.45) is 5.92 Å². The first-order valence-electron chi connectivity index (χ1n) is 9.24. The summed E-state index contributed by atoms with van der Waals surface area (Å²) in [5.74, 6) is -0.0998. The number of benzene rings is 1. The number of nitrogens with zero attached hydrogens (tertiary/aromatic N) is 1. The number of amides is 3. The van der Waals surface area contributed by atoms with E-state index in [0.29, 0.717) is 30.6 Å². The molecule has 0 radical (unpaired) electrons. The van der Waals surface area contributed by atoms with Crippen LogP contribution in [0.15, 0.2) is 22.7 Å². The second-order valence-corrected chi connectivity index (χ2v) is 8.32. The smallest absolute Gasteiger partial charge is 0.256 e. The van der Waals surface area contributed by atoms with E-state index in [-0.39, 0.29) is 29.7 Å². The van der Waals surface area contributed by atoms with Gasteiger partial charge < -0.3 is 15.5 Å². The van der Waals surface area contributed by atoms with E-state index >= 15 is 0 Å². The summed E-state index contributed by atoms with van der Waals surface area (Å²) in [6.07, 6.45) is 5.28. The van der Waals surface area contributed by atoms with Crippen molar-refractivity contribution >= 4 is 39.3 Å². The highest BCUT2D eigenvalue weighted by atomic mass is 79.9. The standard InChI is InChI=1S/C19H22BrN3O3/c20-12-5-6-15-14(9-12)19(26)23-8-7-13(10-16(23)18(25)22-15)21-17(24)11-3-1-2-4-11/h5-6,9,11,13,16H,1-4,7-8,10H2,(H,21,24)(H,22,25). The Bertz CT molecular complexity index is 760. The van der Waals surface area contributed by atoms with Crippen LogP contribution in [0, 0.1) is 5.92 Å². The zero-order chi connectivity index (χ0) is 18.3. The highest BCUT2D eigenvalue weighted by Gasteiger charge is 2.40. The van der Waals surface area contributed by atoms with Crippen molar-refractivity contribution < 1.29 is 14.4 Å². The van der Waals surface area contributed by atoms with Gasteiger partial charge in [0.1, 0.15) is 6.04 Å². The SMILES string of the molecule is O=C(NC1CCN2C(=O)c3cc(Br)ccc3NC(=O)C2C1)C1CCCC1. The lowest BCUT2D eigenvalue weighted by atomic mass is 9.95. The van der Waals surface area contributed by atoms with Crippen molar-refractivity contribution in [2.45, 2.75) is 50.6 Å². The summed E-state index contributed by atoms with van der Waals surface area (Å²) in [6, 6.07) is 4.69. The number of carbonyl (C=O) groups excluding carboxylic acids is 3. The second-order valence-electron chi connectivity index (χ2n) is 7.40. The molecule has 1 saturated carbocycles. The van der Waals surface area contributed by atoms with Crippen LogP contribution in [0.25, 0.3) is 0 Å². The zero-order valence-corrected chi connectivity index (χ0v) is 16.0. The molecule has 3 amide bonds. The van der Waals surface area contributed by atoms with Gasteiger partial charge in [-0.25, -0.2) is 0 Å². The molecule has 1 aromatic carbocycles. The van der Waals surface area contributed by atoms with Crippen LogP contribution in [0.4, 0.5) is 5.69 Å². The number of halogens is 1. The van der Waals surface area contributed by atoms with Crippen LogP contribution < -0.4 is 10.6 Å². The maximum absolute atomic E-state index is 12.9. The first kappa shape index (κ1) is 17.5. The number of hydrogen-bond acceptors (Lipinski definition) is 3. The molecule has 3 aliphatic rings. The van der Waals surface area contributed by atoms with Crippen molar-refractivity contribution in [3.63, 3.8) is 0 Å². The molecule has 138 valence electrons. The van der Waals surface area contributed by atoms with Gasteiger partial charge in [0.15, 0.2) is 0 Å². The Morgan fingerprint density at radius 2 is 1.96 bits per heavy atom. The van der Waals surface area contributed by atoms with E-state index in [1.165, 1.54) is 0 Å². The lowest BCUT2D eigenvalue weighted by Crippen LogP contribution is -2.55. The van der Waals surface area contributed by atoms with E-state index in [2.05, 4.69) is 26.6 Å². The number of piperidine rings is 1. The van der Waals surface area contributed by atoms with Gasteiger partial charge in [-0.15, -0.1) is 0 Å². The van der Waals surface area contributed by atoms with Crippen molar-refractivity contribution in [1.82, 2.24) is 10.2 Å². The van der Waals surface area contributed by atoms with Crippen molar-refractivity contribution in [1.29, 1.82) is 0 Å². The van der Waals surface area contributed by atoms with Crippen molar-refractivity contribution in [3.8, 4) is 0 Å². The molecule has 2 N–H and O–H groups in total. The predicted octanol–water partition coefficient (Wildman–Crippen LogP) is 2.68. The summed E-state index contributed by atoms with van der Waals surface area (Å²) in [5, 5.41) is 5.99. The normalized spacial score (nSPS) is 26.0. The van der Waals surface area contributed by atoms with E-state index in [1.807, 2.05) is 0 Å². The Kier molecular flexibility index (Phi) is 4.73. The zero-order valence-electron chi connectivity index (χ0n) is 14.5. The second kappa shape index (κ2) is 7.02. The minimum Gasteiger partial charge on any atom is -0.353 e. The predicted molar refractivity (Wildman–Crippen MR) is 101 cm³/mol. The third kappa shape index (κ3) is 3.24. The van der Waals surface area contributed by atoms with Gasteiger partial charge in [-0.1, -0.05) is 28.8 Å². The van der Waals surface area contributed by atoms with Crippen LogP contribution in [0.3, 0.4) is 0 Å². The van der Waals surface area contributed by atoms with E-state index in [9.17, 15) is 14.4 Å². The van der Waals surface area contributed by atoms with E-state index in [1.54, 1.807) is 23.1 Å². The monoisotopic (exact) mass is 419 g/mol. The number of nitrogens with one attached hydrogen (secondary N) is 2. The topological polar surface area (TPSA) is 78.5 Å². The highest BCUT2D eigenvalue weighted by molar-refractivity contribution is 9.10. The molecule has 0 spiro atoms. The number of carbonyl (C=O) groups is 3. The third-order valence-electron chi connectivity index (χ3n) is 5.71. The Morgan fingerprint density at radius 1 is 1.19 bits per heavy atom. The number of rotatable bonds is 2. The number of fused-ring (bicyclic) bond motifs is 2. The molecule has 2 heterocycles. The lowest BCUT2D eigenvalue weighted by molar-refractivity contribution is -0.127. The van der Waals surface area contributed by atoms with Crippen LogP contribution in [0.1, 0.15) is 48.9 Å². The Hall–Kier alpha value is -1.89. The minimum absolute atomic E-state index is 0.0594. The highest BCUT2D eigenvalue weighted by Crippen LogP contribution is 2.31. The van der Waals surface area contributed by atoms with Gasteiger partial charge in [-0.3, -0.25) is 14.4 Å². The fourth-order valence-electron chi connectivity index (χ4n) is 4.27. The first-order valence-corrected chi connectivity index (χ1v) is 10.0. The molecule has 2 fully saturated rings. The molecule has 6 nitrogen and oxygen atoms in total. The Morgan fingerprint density at radius 3 is 2.73 bits per heavy atom. The van der Waals surface area contributed by atoms with Crippen LogP contribution in [-0.2, 0) is 9.59 Å². The molecule has 1 aliphatic carbocycles. The van der Waals surface area contributed by atoms with Crippen LogP contribution >= 0.6 is 15.9 Å². The van der Waals surface area contributed by atoms with Gasteiger partial charge in [0.2, 0.25) is 11.8 Å². The summed E-state index contributed by atoms with van der Waals surface area (Å²) in [7, 11) is 0. The molecule has 0 aromatic heterocycles. The summed E-state index contributed by atoms with van der Waals surface area (Å²) >= 11 is 3.38. The molecule has 7 heteroatoms. The lowest BCUT2D eigenvalue weighted by Gasteiger charge is -2.37. The largest absolute Gasteiger partial charge is 0.353 e. The molecule has 1 aromatic rings. The molecule has 2 aliphatic heterocycles. The average molecular weight is 420 g/mol. The van der Waals surface area contributed by atoms with Gasteiger partial charge in [-0.05, 0) is 43.9 Å². The van der Waals surface area contributed by atoms with Crippen molar-refractivity contribution in [2.75, 3.05) is 11.9 Å². The van der Waals surface area contributed by atoms with Crippen molar-refractivity contribution in [3.05, 3.63) is 28.2 Å². The Balaban J connectivity index is 1.50. The number of anilines is 1. The van der Waals surface area contributed by atoms with Crippen LogP contribution in [-0.4, -0.2) is 41.2 Å². The molecular formula is C19H22BrN3O3. The van der Waals surface area contributed by atoms with E-state index in [0.717, 1.165) is 30.2 Å². The molecule has 26 heavy (non-hydrogen) atoms. The van der Waals surface area contributed by atoms with Gasteiger partial charge in [0.25, 0.3) is 5.91 Å². The molecule has 4 rings (SSSR count). The van der Waals surface area contributed by atoms with Crippen LogP contribution in [0.2, 0.25) is 0 Å². The Labute approximate surface area is 160 Å². The van der Waals surface area contributed by atoms with E-state index < -0.39 is 6.04 Å². The summed E-state index contributed by atoms with van der Waals surface area (Å²) in [6.45, 7) is 0.471. The molecular weight excluding hydrogens is 398 g/mol. The maximum atomic E-state index is 12.9. The summed E-state index contributed by atoms with van der Waals surface area (Å²) < 4.78 is 0.802. The molecule has 2 unspecified atom stereocenters. The van der Waals surface area contributed by atoms with Crippen LogP contribution in [0.5, 0.6) is 0 Å². The summed E-state index contributed by atoms with van der Waals surface area (Å²) in [5.41, 5.74) is 1.05. The van der Waals surface area contributed by atoms with E-state index in [4.69, 9.17) is 0 Å². The molecule has 1 saturated heterocycles. The quantitative estimate of drug-likeness (QED) is 0.773. The maximum Gasteiger partial charge on any atom is 0.256 e. The summed E-state index contributed by atoms with van der Waals surface area (Å²) in [4.78, 5) is 39.7. The van der Waals surface area contributed by atoms with Gasteiger partial charge >= 0.3 is 0 Å². The first-order chi connectivity index (χ1) is 12.5. The van der Waals surface area contributed by atoms with Gasteiger partial charge in [-0.2, -0.15) is 0 Å². The third-order valence-corrected chi connectivity index (χ3v) is 6.20. The molecule has 2 atom stereocenters. The number of hydrogen-bond donors (Lipinski definition) is 2. The minimum atomic E-state index is -0.545. The fraction of sp³-hybridized carbons (Fsp3) is 0.526. The van der Waals surface area contributed by atoms with Gasteiger partial charge in [0.05, 0.1) is 11.3 Å². The molecule has 0 bridgehead atoms.